The van der Waals surface area contributed by atoms with Crippen molar-refractivity contribution in [3.05, 3.63) is 89.0 Å². The third-order valence-corrected chi connectivity index (χ3v) is 4.68. The molecule has 7 heteroatoms. The molecule has 32 heavy (non-hydrogen) atoms. The van der Waals surface area contributed by atoms with Gasteiger partial charge in [0.1, 0.15) is 12.4 Å². The second-order valence-electron chi connectivity index (χ2n) is 6.70. The van der Waals surface area contributed by atoms with E-state index in [0.717, 1.165) is 5.56 Å². The van der Waals surface area contributed by atoms with Crippen molar-refractivity contribution in [2.75, 3.05) is 12.4 Å². The van der Waals surface area contributed by atoms with Crippen molar-refractivity contribution < 1.29 is 23.8 Å². The van der Waals surface area contributed by atoms with Crippen LogP contribution in [0.25, 0.3) is 6.08 Å². The van der Waals surface area contributed by atoms with E-state index in [1.54, 1.807) is 42.5 Å². The number of hydrogen-bond donors (Lipinski definition) is 1. The topological polar surface area (TPSA) is 73.9 Å². The van der Waals surface area contributed by atoms with Crippen LogP contribution < -0.4 is 19.5 Å². The van der Waals surface area contributed by atoms with Gasteiger partial charge in [-0.05, 0) is 42.0 Å². The summed E-state index contributed by atoms with van der Waals surface area (Å²) in [5.74, 6) is 0.495. The van der Waals surface area contributed by atoms with E-state index in [4.69, 9.17) is 25.8 Å². The van der Waals surface area contributed by atoms with E-state index in [1.165, 1.54) is 20.1 Å². The number of amides is 1. The monoisotopic (exact) mass is 451 g/mol. The molecule has 3 aromatic carbocycles. The van der Waals surface area contributed by atoms with Crippen LogP contribution in [-0.2, 0) is 16.2 Å². The zero-order chi connectivity index (χ0) is 22.9. The van der Waals surface area contributed by atoms with Crippen LogP contribution in [0.1, 0.15) is 18.1 Å². The zero-order valence-electron chi connectivity index (χ0n) is 17.6. The van der Waals surface area contributed by atoms with Gasteiger partial charge in [-0.25, -0.2) is 0 Å². The molecule has 0 heterocycles. The number of rotatable bonds is 8. The molecule has 0 saturated heterocycles. The van der Waals surface area contributed by atoms with E-state index >= 15 is 0 Å². The summed E-state index contributed by atoms with van der Waals surface area (Å²) >= 11 is 6.13. The molecule has 0 spiro atoms. The first-order valence-electron chi connectivity index (χ1n) is 9.77. The van der Waals surface area contributed by atoms with Crippen LogP contribution >= 0.6 is 11.6 Å². The third kappa shape index (κ3) is 6.36. The average Bonchev–Trinajstić information content (AvgIpc) is 2.78. The molecule has 0 bridgehead atoms. The van der Waals surface area contributed by atoms with Gasteiger partial charge >= 0.3 is 5.97 Å². The molecule has 0 aliphatic heterocycles. The summed E-state index contributed by atoms with van der Waals surface area (Å²) in [5, 5.41) is 3.37. The molecule has 0 saturated carbocycles. The molecule has 0 aromatic heterocycles. The minimum Gasteiger partial charge on any atom is -0.493 e. The SMILES string of the molecule is COc1ccc(/C=C/C(=O)Nc2ccccc2COc2ccccc2Cl)cc1OC(C)=O. The number of hydrogen-bond acceptors (Lipinski definition) is 5. The van der Waals surface area contributed by atoms with Crippen molar-refractivity contribution in [2.45, 2.75) is 13.5 Å². The lowest BCUT2D eigenvalue weighted by atomic mass is 10.1. The largest absolute Gasteiger partial charge is 0.493 e. The minimum absolute atomic E-state index is 0.244. The standard InChI is InChI=1S/C25H22ClNO5/c1-17(28)32-24-15-18(11-13-23(24)30-2)12-14-25(29)27-21-9-5-3-7-19(21)16-31-22-10-6-4-8-20(22)26/h3-15H,16H2,1-2H3,(H,27,29)/b14-12+. The lowest BCUT2D eigenvalue weighted by Gasteiger charge is -2.12. The highest BCUT2D eigenvalue weighted by Crippen LogP contribution is 2.29. The number of methoxy groups -OCH3 is 1. The highest BCUT2D eigenvalue weighted by molar-refractivity contribution is 6.32. The third-order valence-electron chi connectivity index (χ3n) is 4.36. The first-order valence-corrected chi connectivity index (χ1v) is 10.1. The van der Waals surface area contributed by atoms with Crippen molar-refractivity contribution in [3.8, 4) is 17.2 Å². The maximum absolute atomic E-state index is 12.5. The molecular weight excluding hydrogens is 430 g/mol. The summed E-state index contributed by atoms with van der Waals surface area (Å²) in [4.78, 5) is 23.8. The number of carbonyl (C=O) groups excluding carboxylic acids is 2. The Balaban J connectivity index is 1.68. The van der Waals surface area contributed by atoms with Crippen LogP contribution in [0, 0.1) is 0 Å². The van der Waals surface area contributed by atoms with Crippen LogP contribution in [0.3, 0.4) is 0 Å². The smallest absolute Gasteiger partial charge is 0.308 e. The highest BCUT2D eigenvalue weighted by Gasteiger charge is 2.09. The maximum Gasteiger partial charge on any atom is 0.308 e. The number of para-hydroxylation sites is 2. The molecule has 0 aliphatic rings. The van der Waals surface area contributed by atoms with Gasteiger partial charge in [0, 0.05) is 24.3 Å². The van der Waals surface area contributed by atoms with Crippen molar-refractivity contribution in [1.82, 2.24) is 0 Å². The molecule has 0 atom stereocenters. The van der Waals surface area contributed by atoms with Crippen LogP contribution in [-0.4, -0.2) is 19.0 Å². The average molecular weight is 452 g/mol. The van der Waals surface area contributed by atoms with E-state index in [-0.39, 0.29) is 18.3 Å². The maximum atomic E-state index is 12.5. The number of anilines is 1. The van der Waals surface area contributed by atoms with Gasteiger partial charge < -0.3 is 19.5 Å². The number of benzene rings is 3. The Morgan fingerprint density at radius 1 is 0.969 bits per heavy atom. The lowest BCUT2D eigenvalue weighted by Crippen LogP contribution is -2.10. The van der Waals surface area contributed by atoms with Gasteiger partial charge in [-0.15, -0.1) is 0 Å². The molecule has 6 nitrogen and oxygen atoms in total. The van der Waals surface area contributed by atoms with E-state index in [0.29, 0.717) is 27.8 Å². The normalized spacial score (nSPS) is 10.6. The quantitative estimate of drug-likeness (QED) is 0.278. The Labute approximate surface area is 191 Å². The number of halogens is 1. The van der Waals surface area contributed by atoms with Crippen LogP contribution in [0.4, 0.5) is 5.69 Å². The summed E-state index contributed by atoms with van der Waals surface area (Å²) < 4.78 is 16.1. The second-order valence-corrected chi connectivity index (χ2v) is 7.11. The molecule has 3 aromatic rings. The number of nitrogens with one attached hydrogen (secondary N) is 1. The fourth-order valence-corrected chi connectivity index (χ4v) is 3.05. The molecule has 0 fully saturated rings. The van der Waals surface area contributed by atoms with Crippen molar-refractivity contribution >= 4 is 35.2 Å². The molecule has 0 radical (unpaired) electrons. The second kappa shape index (κ2) is 11.0. The Morgan fingerprint density at radius 3 is 2.47 bits per heavy atom. The molecule has 0 aliphatic carbocycles. The Kier molecular flexibility index (Phi) is 7.89. The van der Waals surface area contributed by atoms with Gasteiger partial charge in [0.15, 0.2) is 11.5 Å². The van der Waals surface area contributed by atoms with E-state index in [2.05, 4.69) is 5.32 Å². The zero-order valence-corrected chi connectivity index (χ0v) is 18.4. The molecule has 1 amide bonds. The van der Waals surface area contributed by atoms with Gasteiger partial charge in [-0.3, -0.25) is 9.59 Å². The predicted octanol–water partition coefficient (Wildman–Crippen LogP) is 5.50. The first-order chi connectivity index (χ1) is 15.5. The summed E-state index contributed by atoms with van der Waals surface area (Å²) in [7, 11) is 1.48. The number of esters is 1. The van der Waals surface area contributed by atoms with Gasteiger partial charge in [0.2, 0.25) is 5.91 Å². The van der Waals surface area contributed by atoms with E-state index < -0.39 is 5.97 Å². The molecule has 1 N–H and O–H groups in total. The minimum atomic E-state index is -0.460. The number of ether oxygens (including phenoxy) is 3. The van der Waals surface area contributed by atoms with Gasteiger partial charge in [-0.1, -0.05) is 48.0 Å². The molecular formula is C25H22ClNO5. The van der Waals surface area contributed by atoms with Crippen LogP contribution in [0.15, 0.2) is 72.8 Å². The summed E-state index contributed by atoms with van der Waals surface area (Å²) in [6.07, 6.45) is 3.01. The van der Waals surface area contributed by atoms with Crippen molar-refractivity contribution in [3.63, 3.8) is 0 Å². The van der Waals surface area contributed by atoms with E-state index in [9.17, 15) is 9.59 Å². The highest BCUT2D eigenvalue weighted by atomic mass is 35.5. The summed E-state index contributed by atoms with van der Waals surface area (Å²) in [6, 6.07) is 19.6. The Bertz CT molecular complexity index is 1140. The first kappa shape index (κ1) is 22.9. The number of carbonyl (C=O) groups is 2. The molecule has 164 valence electrons. The van der Waals surface area contributed by atoms with Crippen molar-refractivity contribution in [1.29, 1.82) is 0 Å². The predicted molar refractivity (Wildman–Crippen MR) is 124 cm³/mol. The van der Waals surface area contributed by atoms with Crippen LogP contribution in [0.5, 0.6) is 17.2 Å². The summed E-state index contributed by atoms with van der Waals surface area (Å²) in [6.45, 7) is 1.55. The Hall–Kier alpha value is -3.77. The van der Waals surface area contributed by atoms with Crippen LogP contribution in [0.2, 0.25) is 5.02 Å². The fourth-order valence-electron chi connectivity index (χ4n) is 2.86. The van der Waals surface area contributed by atoms with Gasteiger partial charge in [-0.2, -0.15) is 0 Å². The summed E-state index contributed by atoms with van der Waals surface area (Å²) in [5.41, 5.74) is 2.10. The fraction of sp³-hybridized carbons (Fsp3) is 0.120. The van der Waals surface area contributed by atoms with Gasteiger partial charge in [0.25, 0.3) is 0 Å². The Morgan fingerprint density at radius 2 is 1.72 bits per heavy atom. The molecule has 0 unspecified atom stereocenters. The molecule has 3 rings (SSSR count). The van der Waals surface area contributed by atoms with Gasteiger partial charge in [0.05, 0.1) is 12.1 Å². The van der Waals surface area contributed by atoms with E-state index in [1.807, 2.05) is 30.3 Å². The van der Waals surface area contributed by atoms with Crippen molar-refractivity contribution in [2.24, 2.45) is 0 Å². The lowest BCUT2D eigenvalue weighted by molar-refractivity contribution is -0.132.